The van der Waals surface area contributed by atoms with Crippen LogP contribution in [-0.4, -0.2) is 105 Å². The number of rotatable bonds is 18. The number of cyclic esters (lactones) is 1. The Bertz CT molecular complexity index is 2420. The van der Waals surface area contributed by atoms with Crippen molar-refractivity contribution in [1.29, 1.82) is 0 Å². The van der Waals surface area contributed by atoms with Crippen LogP contribution in [0.3, 0.4) is 0 Å². The minimum Gasteiger partial charge on any atom is -0.463 e. The fourth-order valence-corrected chi connectivity index (χ4v) is 15.8. The third-order valence-electron chi connectivity index (χ3n) is 23.6. The van der Waals surface area contributed by atoms with Crippen molar-refractivity contribution in [1.82, 2.24) is 4.90 Å². The molecule has 2 saturated heterocycles. The molecule has 8 bridgehead atoms. The average Bonchev–Trinajstić information content (AvgIpc) is 0.925. The molecule has 0 aromatic heterocycles. The second-order valence-corrected chi connectivity index (χ2v) is 32.1. The van der Waals surface area contributed by atoms with E-state index in [-0.39, 0.29) is 162 Å². The quantitative estimate of drug-likeness (QED) is 0.0767. The second-order valence-electron chi connectivity index (χ2n) is 32.1. The van der Waals surface area contributed by atoms with Gasteiger partial charge in [-0.25, -0.2) is 4.79 Å². The summed E-state index contributed by atoms with van der Waals surface area (Å²) < 4.78 is 32.9. The van der Waals surface area contributed by atoms with Gasteiger partial charge in [-0.05, 0) is 252 Å². The van der Waals surface area contributed by atoms with E-state index in [0.717, 1.165) is 102 Å². The summed E-state index contributed by atoms with van der Waals surface area (Å²) in [7, 11) is 0. The zero-order valence-electron chi connectivity index (χ0n) is 57.8. The van der Waals surface area contributed by atoms with Gasteiger partial charge in [0.2, 0.25) is 12.0 Å². The van der Waals surface area contributed by atoms with Gasteiger partial charge in [0, 0.05) is 12.8 Å². The lowest BCUT2D eigenvalue weighted by molar-refractivity contribution is -0.225. The summed E-state index contributed by atoms with van der Waals surface area (Å²) in [5.74, 6) is 2.60. The highest BCUT2D eigenvalue weighted by Crippen LogP contribution is 2.62. The van der Waals surface area contributed by atoms with Gasteiger partial charge in [-0.3, -0.25) is 38.5 Å². The number of β-lactam (4-membered cyclic amide) rings is 1. The molecule has 98 heavy (non-hydrogen) atoms. The summed E-state index contributed by atoms with van der Waals surface area (Å²) in [4.78, 5) is 96.4. The summed E-state index contributed by atoms with van der Waals surface area (Å²) in [5.41, 5.74) is -3.39. The highest BCUT2D eigenvalue weighted by atomic mass is 16.6. The van der Waals surface area contributed by atoms with E-state index in [2.05, 4.69) is 20.8 Å². The van der Waals surface area contributed by atoms with Crippen molar-refractivity contribution in [2.75, 3.05) is 13.2 Å². The van der Waals surface area contributed by atoms with Crippen molar-refractivity contribution < 1.29 is 71.9 Å². The number of carbonyl (C=O) groups excluding carboxylic acids is 8. The molecule has 16 nitrogen and oxygen atoms in total. The van der Waals surface area contributed by atoms with Crippen molar-refractivity contribution >= 4 is 47.6 Å². The van der Waals surface area contributed by atoms with Crippen LogP contribution in [0.1, 0.15) is 365 Å². The first-order valence-electron chi connectivity index (χ1n) is 34.8. The van der Waals surface area contributed by atoms with E-state index >= 15 is 0 Å². The van der Waals surface area contributed by atoms with Crippen LogP contribution in [0.15, 0.2) is 0 Å². The monoisotopic (exact) mass is 1400 g/mol. The Morgan fingerprint density at radius 2 is 0.908 bits per heavy atom. The number of carbonyl (C=O) groups is 8. The Labute approximate surface area is 603 Å². The van der Waals surface area contributed by atoms with Crippen molar-refractivity contribution in [2.45, 2.75) is 400 Å². The molecular weight excluding hydrogens is 1240 g/mol. The number of hydrogen-bond donors (Lipinski definition) is 1. The standard InChI is InChI=1S/C18H30O2.C16H26O3.C14H21NO4.C14H26O2.C10H16O4.10CH4/c1-5-17(3,4)16(19)20-18(6-2)14-8-12-7-13(10-14)11-15(18)9-12;1-4-14(2,3)13(17)19-16-8-11-5-12(9-16)7-15(18,6-11)10-16;1-4-14(2,3)13(18)19-8-11(16)15-10-7-5-6-9(10)12(15)17;1-5-13(3,4)12(15)16-14(6-2)10-8-7-9-11-14;1-4-10(2,3)9(12)14-7-5-6-13-8(7)11;;;;;;;;;;/h12-15H,5-11H2,1-4H3;11-12,18H,4-10H2,1-3H3;9-10H,4-8H2,1-3H3;5-11H2,1-4H3;7H,4-6H2,1-3H3;10*1H4. The van der Waals surface area contributed by atoms with Gasteiger partial charge in [0.15, 0.2) is 6.61 Å². The molecule has 2 amide bonds. The largest absolute Gasteiger partial charge is 0.463 e. The highest BCUT2D eigenvalue weighted by molar-refractivity contribution is 6.03. The Hall–Kier alpha value is -4.08. The number of likely N-dealkylation sites (tertiary alicyclic amines) is 1. The van der Waals surface area contributed by atoms with Crippen LogP contribution >= 0.6 is 0 Å². The first-order chi connectivity index (χ1) is 41.0. The fourth-order valence-electron chi connectivity index (χ4n) is 15.8. The van der Waals surface area contributed by atoms with Gasteiger partial charge in [-0.2, -0.15) is 0 Å². The van der Waals surface area contributed by atoms with Crippen molar-refractivity contribution in [3.05, 3.63) is 0 Å². The summed E-state index contributed by atoms with van der Waals surface area (Å²) in [5, 5.41) is 10.6. The predicted molar refractivity (Wildman–Crippen MR) is 404 cm³/mol. The molecular formula is C82H159NO15. The molecule has 12 aliphatic rings. The summed E-state index contributed by atoms with van der Waals surface area (Å²) in [6.07, 6.45) is 26.5. The molecule has 0 aromatic carbocycles. The molecule has 16 heteroatoms. The van der Waals surface area contributed by atoms with Gasteiger partial charge in [0.1, 0.15) is 16.8 Å². The van der Waals surface area contributed by atoms with E-state index in [1.807, 2.05) is 69.2 Å². The minimum absolute atomic E-state index is 0. The molecule has 0 aromatic rings. The minimum atomic E-state index is -0.687. The van der Waals surface area contributed by atoms with E-state index in [1.54, 1.807) is 27.7 Å². The Balaban J connectivity index is -0.000000360. The third-order valence-corrected chi connectivity index (χ3v) is 23.6. The lowest BCUT2D eigenvalue weighted by Crippen LogP contribution is -2.61. The van der Waals surface area contributed by atoms with Gasteiger partial charge < -0.3 is 33.5 Å². The highest BCUT2D eigenvalue weighted by Gasteiger charge is 2.61. The third kappa shape index (κ3) is 23.7. The van der Waals surface area contributed by atoms with Crippen LogP contribution in [0.4, 0.5) is 0 Å². The Morgan fingerprint density at radius 3 is 1.32 bits per heavy atom. The first kappa shape index (κ1) is 103. The van der Waals surface area contributed by atoms with Gasteiger partial charge >= 0.3 is 35.8 Å². The molecule has 582 valence electrons. The fraction of sp³-hybridized carbons (Fsp3) is 0.902. The van der Waals surface area contributed by atoms with Gasteiger partial charge in [-0.15, -0.1) is 0 Å². The number of amides is 2. The number of imide groups is 1. The van der Waals surface area contributed by atoms with Crippen LogP contribution in [0.5, 0.6) is 0 Å². The topological polar surface area (TPSA) is 215 Å². The summed E-state index contributed by atoms with van der Waals surface area (Å²) in [6, 6.07) is 0.0536. The molecule has 12 rings (SSSR count). The summed E-state index contributed by atoms with van der Waals surface area (Å²) in [6.45, 7) is 33.4. The van der Waals surface area contributed by atoms with Crippen LogP contribution < -0.4 is 0 Å². The molecule has 12 fully saturated rings. The van der Waals surface area contributed by atoms with E-state index < -0.39 is 33.9 Å². The van der Waals surface area contributed by atoms with Crippen LogP contribution in [0, 0.1) is 68.5 Å². The molecule has 10 saturated carbocycles. The van der Waals surface area contributed by atoms with Crippen molar-refractivity contribution in [2.24, 2.45) is 68.5 Å². The second kappa shape index (κ2) is 40.7. The van der Waals surface area contributed by atoms with Crippen LogP contribution in [-0.2, 0) is 66.8 Å². The smallest absolute Gasteiger partial charge is 0.347 e. The molecule has 0 radical (unpaired) electrons. The SMILES string of the molecule is C.C.C.C.C.C.C.C.C.C.CCC(C)(C)C(=O)OC1(CC)C2CC3CC(C2)CC1C3.CCC(C)(C)C(=O)OC12CC3CC(CC(O)(C3)C1)C2.CCC(C)(C)C(=O)OC1CCOC1=O.CCC(C)(C)C(=O)OCC(=O)N1C(=O)C2CCCC21.CCC1(OC(=O)C(C)(C)CC)CCCCC1. The van der Waals surface area contributed by atoms with Gasteiger partial charge in [0.05, 0.1) is 51.2 Å². The van der Waals surface area contributed by atoms with E-state index in [9.17, 15) is 43.5 Å². The van der Waals surface area contributed by atoms with Gasteiger partial charge in [-0.1, -0.05) is 136 Å². The average molecular weight is 1400 g/mol. The van der Waals surface area contributed by atoms with Crippen LogP contribution in [0.2, 0.25) is 0 Å². The lowest BCUT2D eigenvalue weighted by Gasteiger charge is -2.60. The number of aliphatic hydroxyl groups is 1. The lowest BCUT2D eigenvalue weighted by atomic mass is 9.49. The molecule has 5 unspecified atom stereocenters. The molecule has 5 atom stereocenters. The first-order valence-corrected chi connectivity index (χ1v) is 34.8. The maximum atomic E-state index is 12.6. The molecule has 2 heterocycles. The normalized spacial score (nSPS) is 28.8. The number of ether oxygens (including phenoxy) is 6. The van der Waals surface area contributed by atoms with Crippen LogP contribution in [0.25, 0.3) is 0 Å². The molecule has 0 spiro atoms. The molecule has 2 aliphatic heterocycles. The molecule has 10 aliphatic carbocycles. The maximum absolute atomic E-state index is 12.6. The number of fused-ring (bicyclic) bond motifs is 1. The maximum Gasteiger partial charge on any atom is 0.347 e. The molecule has 1 N–H and O–H groups in total. The van der Waals surface area contributed by atoms with E-state index in [4.69, 9.17) is 28.4 Å². The predicted octanol–water partition coefficient (Wildman–Crippen LogP) is 20.8. The zero-order chi connectivity index (χ0) is 65.6. The van der Waals surface area contributed by atoms with Crippen molar-refractivity contribution in [3.8, 4) is 0 Å². The van der Waals surface area contributed by atoms with E-state index in [0.29, 0.717) is 56.0 Å². The zero-order valence-corrected chi connectivity index (χ0v) is 57.8. The number of esters is 6. The Morgan fingerprint density at radius 1 is 0.490 bits per heavy atom. The number of hydrogen-bond acceptors (Lipinski definition) is 15. The van der Waals surface area contributed by atoms with E-state index in [1.165, 1.54) is 62.7 Å². The van der Waals surface area contributed by atoms with Gasteiger partial charge in [0.25, 0.3) is 5.91 Å². The Kier molecular flexibility index (Phi) is 42.6. The van der Waals surface area contributed by atoms with Crippen molar-refractivity contribution in [3.63, 3.8) is 0 Å². The summed E-state index contributed by atoms with van der Waals surface area (Å²) >= 11 is 0. The number of nitrogens with zero attached hydrogens (tertiary/aromatic N) is 1.